The van der Waals surface area contributed by atoms with E-state index in [1.165, 1.54) is 32.5 Å². The van der Waals surface area contributed by atoms with Crippen molar-refractivity contribution in [3.63, 3.8) is 0 Å². The number of hydrogen-bond donors (Lipinski definition) is 2. The quantitative estimate of drug-likeness (QED) is 0.711. The third-order valence-corrected chi connectivity index (χ3v) is 4.81. The minimum Gasteiger partial charge on any atom is -0.396 e. The smallest absolute Gasteiger partial charge is 0.0499 e. The zero-order chi connectivity index (χ0) is 14.3. The molecule has 0 unspecified atom stereocenters. The Kier molecular flexibility index (Phi) is 7.33. The van der Waals surface area contributed by atoms with Gasteiger partial charge in [-0.1, -0.05) is 27.7 Å². The molecule has 1 fully saturated rings. The molecule has 0 saturated carbocycles. The van der Waals surface area contributed by atoms with Gasteiger partial charge in [-0.2, -0.15) is 0 Å². The molecule has 1 rings (SSSR count). The van der Waals surface area contributed by atoms with Gasteiger partial charge in [-0.25, -0.2) is 0 Å². The van der Waals surface area contributed by atoms with Crippen molar-refractivity contribution < 1.29 is 5.11 Å². The lowest BCUT2D eigenvalue weighted by atomic mass is 9.83. The first-order valence-electron chi connectivity index (χ1n) is 8.12. The van der Waals surface area contributed by atoms with Crippen LogP contribution in [0.5, 0.6) is 0 Å². The molecule has 114 valence electrons. The van der Waals surface area contributed by atoms with Crippen LogP contribution in [0.1, 0.15) is 53.4 Å². The third-order valence-electron chi connectivity index (χ3n) is 4.81. The summed E-state index contributed by atoms with van der Waals surface area (Å²) in [5.74, 6) is 0.770. The van der Waals surface area contributed by atoms with Gasteiger partial charge in [-0.3, -0.25) is 0 Å². The topological polar surface area (TPSA) is 35.5 Å². The summed E-state index contributed by atoms with van der Waals surface area (Å²) in [6.07, 6.45) is 4.61. The molecule has 1 heterocycles. The number of nitrogens with one attached hydrogen (secondary N) is 1. The molecule has 0 amide bonds. The van der Waals surface area contributed by atoms with Crippen LogP contribution in [0.4, 0.5) is 0 Å². The molecule has 0 spiro atoms. The van der Waals surface area contributed by atoms with Crippen molar-refractivity contribution in [3.8, 4) is 0 Å². The lowest BCUT2D eigenvalue weighted by molar-refractivity contribution is 0.102. The van der Waals surface area contributed by atoms with Crippen LogP contribution in [-0.2, 0) is 0 Å². The Labute approximate surface area is 119 Å². The predicted molar refractivity (Wildman–Crippen MR) is 82.4 cm³/mol. The van der Waals surface area contributed by atoms with Crippen molar-refractivity contribution >= 4 is 0 Å². The summed E-state index contributed by atoms with van der Waals surface area (Å²) in [7, 11) is 0. The van der Waals surface area contributed by atoms with E-state index >= 15 is 0 Å². The van der Waals surface area contributed by atoms with Crippen LogP contribution in [0.3, 0.4) is 0 Å². The highest BCUT2D eigenvalue weighted by atomic mass is 16.3. The van der Waals surface area contributed by atoms with E-state index in [0.29, 0.717) is 12.6 Å². The molecule has 0 aliphatic carbocycles. The maximum Gasteiger partial charge on any atom is 0.0499 e. The molecule has 0 radical (unpaired) electrons. The number of aliphatic hydroxyl groups is 1. The second kappa shape index (κ2) is 8.23. The molecule has 3 nitrogen and oxygen atoms in total. The zero-order valence-corrected chi connectivity index (χ0v) is 13.4. The van der Waals surface area contributed by atoms with E-state index < -0.39 is 0 Å². The molecule has 1 aliphatic heterocycles. The first-order valence-corrected chi connectivity index (χ1v) is 8.12. The Balaban J connectivity index is 2.29. The van der Waals surface area contributed by atoms with Crippen molar-refractivity contribution in [2.75, 3.05) is 32.8 Å². The number of likely N-dealkylation sites (tertiary alicyclic amines) is 1. The summed E-state index contributed by atoms with van der Waals surface area (Å²) >= 11 is 0. The average Bonchev–Trinajstić information content (AvgIpc) is 2.42. The fourth-order valence-corrected chi connectivity index (χ4v) is 2.98. The molecular weight excluding hydrogens is 236 g/mol. The van der Waals surface area contributed by atoms with Crippen LogP contribution >= 0.6 is 0 Å². The number of hydrogen-bond acceptors (Lipinski definition) is 3. The van der Waals surface area contributed by atoms with Gasteiger partial charge >= 0.3 is 0 Å². The highest BCUT2D eigenvalue weighted by molar-refractivity contribution is 4.83. The second-order valence-electron chi connectivity index (χ2n) is 6.71. The van der Waals surface area contributed by atoms with Crippen LogP contribution in [0.2, 0.25) is 0 Å². The van der Waals surface area contributed by atoms with Crippen LogP contribution in [0.25, 0.3) is 0 Å². The van der Waals surface area contributed by atoms with E-state index in [-0.39, 0.29) is 5.41 Å². The third kappa shape index (κ3) is 5.41. The minimum atomic E-state index is 0.0923. The molecule has 19 heavy (non-hydrogen) atoms. The maximum absolute atomic E-state index is 9.60. The van der Waals surface area contributed by atoms with Crippen LogP contribution in [0.15, 0.2) is 0 Å². The fourth-order valence-electron chi connectivity index (χ4n) is 2.98. The second-order valence-corrected chi connectivity index (χ2v) is 6.71. The van der Waals surface area contributed by atoms with Gasteiger partial charge in [-0.15, -0.1) is 0 Å². The van der Waals surface area contributed by atoms with Crippen molar-refractivity contribution in [1.82, 2.24) is 10.2 Å². The van der Waals surface area contributed by atoms with E-state index in [1.54, 1.807) is 0 Å². The molecule has 0 bridgehead atoms. The molecule has 0 aromatic carbocycles. The van der Waals surface area contributed by atoms with Crippen molar-refractivity contribution in [2.24, 2.45) is 11.3 Å². The normalized spacial score (nSPS) is 19.3. The summed E-state index contributed by atoms with van der Waals surface area (Å²) in [5.41, 5.74) is 0.0923. The van der Waals surface area contributed by atoms with Gasteiger partial charge in [0.2, 0.25) is 0 Å². The van der Waals surface area contributed by atoms with Gasteiger partial charge in [-0.05, 0) is 44.7 Å². The summed E-state index contributed by atoms with van der Waals surface area (Å²) in [6, 6.07) is 0.646. The summed E-state index contributed by atoms with van der Waals surface area (Å²) in [6.45, 7) is 13.9. The van der Waals surface area contributed by atoms with Crippen molar-refractivity contribution in [2.45, 2.75) is 59.4 Å². The fraction of sp³-hybridized carbons (Fsp3) is 1.00. The van der Waals surface area contributed by atoms with Gasteiger partial charge < -0.3 is 15.3 Å². The Bertz CT molecular complexity index is 223. The predicted octanol–water partition coefficient (Wildman–Crippen LogP) is 2.50. The highest BCUT2D eigenvalue weighted by Gasteiger charge is 2.27. The van der Waals surface area contributed by atoms with E-state index in [4.69, 9.17) is 0 Å². The van der Waals surface area contributed by atoms with Crippen molar-refractivity contribution in [3.05, 3.63) is 0 Å². The van der Waals surface area contributed by atoms with E-state index in [1.807, 2.05) is 0 Å². The van der Waals surface area contributed by atoms with Crippen LogP contribution in [-0.4, -0.2) is 48.8 Å². The van der Waals surface area contributed by atoms with Gasteiger partial charge in [0.15, 0.2) is 0 Å². The first kappa shape index (κ1) is 16.9. The van der Waals surface area contributed by atoms with E-state index in [2.05, 4.69) is 37.9 Å². The Morgan fingerprint density at radius 1 is 1.21 bits per heavy atom. The minimum absolute atomic E-state index is 0.0923. The summed E-state index contributed by atoms with van der Waals surface area (Å²) in [4.78, 5) is 2.59. The molecule has 3 heteroatoms. The Hall–Kier alpha value is -0.120. The molecule has 0 aromatic heterocycles. The molecular formula is C16H34N2O. The average molecular weight is 270 g/mol. The van der Waals surface area contributed by atoms with Crippen LogP contribution < -0.4 is 5.32 Å². The number of piperidine rings is 1. The van der Waals surface area contributed by atoms with Crippen LogP contribution in [0, 0.1) is 11.3 Å². The van der Waals surface area contributed by atoms with Gasteiger partial charge in [0.25, 0.3) is 0 Å². The molecule has 1 aliphatic rings. The SMILES string of the molecule is CCC(CC)(CO)CNC1CCN(CC(C)C)CC1. The molecule has 1 saturated heterocycles. The lowest BCUT2D eigenvalue weighted by Gasteiger charge is -2.36. The zero-order valence-electron chi connectivity index (χ0n) is 13.4. The van der Waals surface area contributed by atoms with E-state index in [0.717, 1.165) is 25.3 Å². The Morgan fingerprint density at radius 2 is 1.79 bits per heavy atom. The monoisotopic (exact) mass is 270 g/mol. The van der Waals surface area contributed by atoms with Gasteiger partial charge in [0.05, 0.1) is 0 Å². The lowest BCUT2D eigenvalue weighted by Crippen LogP contribution is -2.47. The number of rotatable bonds is 8. The molecule has 0 atom stereocenters. The molecule has 0 aromatic rings. The maximum atomic E-state index is 9.60. The van der Waals surface area contributed by atoms with Gasteiger partial charge in [0.1, 0.15) is 0 Å². The number of nitrogens with zero attached hydrogens (tertiary/aromatic N) is 1. The first-order chi connectivity index (χ1) is 9.05. The number of aliphatic hydroxyl groups excluding tert-OH is 1. The Morgan fingerprint density at radius 3 is 2.21 bits per heavy atom. The highest BCUT2D eigenvalue weighted by Crippen LogP contribution is 2.25. The molecule has 2 N–H and O–H groups in total. The largest absolute Gasteiger partial charge is 0.396 e. The summed E-state index contributed by atoms with van der Waals surface area (Å²) in [5, 5.41) is 13.3. The standard InChI is InChI=1S/C16H34N2O/c1-5-16(6-2,13-19)12-17-15-7-9-18(10-8-15)11-14(3)4/h14-15,17,19H,5-13H2,1-4H3. The van der Waals surface area contributed by atoms with Crippen molar-refractivity contribution in [1.29, 1.82) is 0 Å². The van der Waals surface area contributed by atoms with E-state index in [9.17, 15) is 5.11 Å². The van der Waals surface area contributed by atoms with Gasteiger partial charge in [0, 0.05) is 31.2 Å². The summed E-state index contributed by atoms with van der Waals surface area (Å²) < 4.78 is 0.